The molecule has 0 aromatic heterocycles. The number of hydrogen-bond donors (Lipinski definition) is 2. The highest BCUT2D eigenvalue weighted by Gasteiger charge is 2.30. The first-order valence-electron chi connectivity index (χ1n) is 9.93. The molecule has 162 valence electrons. The Labute approximate surface area is 179 Å². The second kappa shape index (κ2) is 9.71. The third-order valence-electron chi connectivity index (χ3n) is 5.12. The van der Waals surface area contributed by atoms with E-state index in [1.54, 1.807) is 24.3 Å². The van der Waals surface area contributed by atoms with E-state index in [9.17, 15) is 18.0 Å². The standard InChI is InChI=1S/C22H25ClF3N3O/c1-15(13-22(24,25)26)28-21(30)18-7-5-16(6-8-18)14-27-20-4-2-3-17-9-11-29(23)12-10-19(17)20/h2-8,15,27H,9-14H2,1H3,(H,28,30). The molecule has 8 heteroatoms. The van der Waals surface area contributed by atoms with E-state index in [1.807, 2.05) is 16.6 Å². The fourth-order valence-corrected chi connectivity index (χ4v) is 3.76. The molecule has 0 saturated carbocycles. The number of alkyl halides is 3. The second-order valence-corrected chi connectivity index (χ2v) is 8.08. The van der Waals surface area contributed by atoms with E-state index in [2.05, 4.69) is 16.7 Å². The summed E-state index contributed by atoms with van der Waals surface area (Å²) in [5, 5.41) is 5.84. The predicted octanol–water partition coefficient (Wildman–Crippen LogP) is 4.92. The van der Waals surface area contributed by atoms with Gasteiger partial charge >= 0.3 is 6.18 Å². The molecular weight excluding hydrogens is 415 g/mol. The van der Waals surface area contributed by atoms with Crippen molar-refractivity contribution in [2.24, 2.45) is 0 Å². The van der Waals surface area contributed by atoms with Gasteiger partial charge in [0.25, 0.3) is 5.91 Å². The Balaban J connectivity index is 1.59. The number of hydrogen-bond acceptors (Lipinski definition) is 3. The molecule has 0 spiro atoms. The molecule has 1 heterocycles. The van der Waals surface area contributed by atoms with Gasteiger partial charge in [0.1, 0.15) is 0 Å². The third kappa shape index (κ3) is 6.37. The Morgan fingerprint density at radius 3 is 2.53 bits per heavy atom. The van der Waals surface area contributed by atoms with Crippen LogP contribution in [0.15, 0.2) is 42.5 Å². The van der Waals surface area contributed by atoms with Crippen LogP contribution in [0.4, 0.5) is 18.9 Å². The Bertz CT molecular complexity index is 871. The lowest BCUT2D eigenvalue weighted by Gasteiger charge is -2.16. The van der Waals surface area contributed by atoms with Crippen molar-refractivity contribution < 1.29 is 18.0 Å². The van der Waals surface area contributed by atoms with Crippen molar-refractivity contribution in [3.8, 4) is 0 Å². The molecule has 1 amide bonds. The summed E-state index contributed by atoms with van der Waals surface area (Å²) in [6.45, 7) is 3.54. The van der Waals surface area contributed by atoms with Crippen molar-refractivity contribution in [1.29, 1.82) is 0 Å². The highest BCUT2D eigenvalue weighted by Crippen LogP contribution is 2.25. The third-order valence-corrected chi connectivity index (χ3v) is 5.45. The molecule has 1 aliphatic rings. The van der Waals surface area contributed by atoms with E-state index in [1.165, 1.54) is 18.1 Å². The summed E-state index contributed by atoms with van der Waals surface area (Å²) in [6.07, 6.45) is -3.58. The summed E-state index contributed by atoms with van der Waals surface area (Å²) in [7, 11) is 0. The molecule has 1 aliphatic heterocycles. The van der Waals surface area contributed by atoms with Gasteiger partial charge in [0, 0.05) is 36.9 Å². The molecule has 2 N–H and O–H groups in total. The first-order valence-corrected chi connectivity index (χ1v) is 10.3. The van der Waals surface area contributed by atoms with Gasteiger partial charge in [-0.25, -0.2) is 4.42 Å². The number of halogens is 4. The minimum Gasteiger partial charge on any atom is -0.381 e. The van der Waals surface area contributed by atoms with E-state index in [-0.39, 0.29) is 0 Å². The lowest BCUT2D eigenvalue weighted by atomic mass is 10.0. The van der Waals surface area contributed by atoms with Crippen LogP contribution in [0, 0.1) is 0 Å². The van der Waals surface area contributed by atoms with Crippen LogP contribution in [0.1, 0.15) is 40.4 Å². The van der Waals surface area contributed by atoms with E-state index < -0.39 is 24.5 Å². The molecule has 0 bridgehead atoms. The lowest BCUT2D eigenvalue weighted by molar-refractivity contribution is -0.138. The monoisotopic (exact) mass is 439 g/mol. The minimum atomic E-state index is -4.31. The van der Waals surface area contributed by atoms with Crippen molar-refractivity contribution in [3.63, 3.8) is 0 Å². The van der Waals surface area contributed by atoms with Gasteiger partial charge in [-0.2, -0.15) is 13.2 Å². The number of nitrogens with zero attached hydrogens (tertiary/aromatic N) is 1. The number of carbonyl (C=O) groups excluding carboxylic acids is 1. The van der Waals surface area contributed by atoms with Gasteiger partial charge < -0.3 is 10.6 Å². The number of fused-ring (bicyclic) bond motifs is 1. The SMILES string of the molecule is CC(CC(F)(F)F)NC(=O)c1ccc(CNc2cccc3c2CCN(Cl)CC3)cc1. The van der Waals surface area contributed by atoms with Gasteiger partial charge in [-0.05, 0) is 66.4 Å². The highest BCUT2D eigenvalue weighted by atomic mass is 35.5. The quantitative estimate of drug-likeness (QED) is 0.628. The van der Waals surface area contributed by atoms with E-state index in [4.69, 9.17) is 11.8 Å². The molecule has 2 aromatic rings. The molecule has 3 rings (SSSR count). The summed E-state index contributed by atoms with van der Waals surface area (Å²) in [5.41, 5.74) is 4.95. The van der Waals surface area contributed by atoms with Crippen molar-refractivity contribution in [2.45, 2.75) is 44.9 Å². The zero-order valence-electron chi connectivity index (χ0n) is 16.7. The van der Waals surface area contributed by atoms with Crippen LogP contribution in [0.3, 0.4) is 0 Å². The molecule has 30 heavy (non-hydrogen) atoms. The molecule has 1 unspecified atom stereocenters. The highest BCUT2D eigenvalue weighted by molar-refractivity contribution is 6.13. The molecule has 2 aromatic carbocycles. The predicted molar refractivity (Wildman–Crippen MR) is 113 cm³/mol. The average molecular weight is 440 g/mol. The second-order valence-electron chi connectivity index (χ2n) is 7.60. The summed E-state index contributed by atoms with van der Waals surface area (Å²) >= 11 is 6.16. The molecule has 0 fully saturated rings. The number of carbonyl (C=O) groups is 1. The van der Waals surface area contributed by atoms with Gasteiger partial charge in [0.2, 0.25) is 0 Å². The van der Waals surface area contributed by atoms with Gasteiger partial charge in [0.05, 0.1) is 6.42 Å². The Hall–Kier alpha value is -2.25. The summed E-state index contributed by atoms with van der Waals surface area (Å²) in [6, 6.07) is 12.1. The van der Waals surface area contributed by atoms with E-state index in [0.29, 0.717) is 12.1 Å². The fraction of sp³-hybridized carbons (Fsp3) is 0.409. The van der Waals surface area contributed by atoms with E-state index >= 15 is 0 Å². The van der Waals surface area contributed by atoms with Crippen LogP contribution in [0.25, 0.3) is 0 Å². The fourth-order valence-electron chi connectivity index (χ4n) is 3.59. The molecule has 0 saturated heterocycles. The van der Waals surface area contributed by atoms with Crippen LogP contribution < -0.4 is 10.6 Å². The Morgan fingerprint density at radius 1 is 1.13 bits per heavy atom. The number of rotatable bonds is 6. The zero-order chi connectivity index (χ0) is 21.7. The molecular formula is C22H25ClF3N3O. The van der Waals surface area contributed by atoms with Crippen molar-refractivity contribution >= 4 is 23.4 Å². The van der Waals surface area contributed by atoms with Gasteiger partial charge in [-0.15, -0.1) is 0 Å². The van der Waals surface area contributed by atoms with Crippen LogP contribution in [-0.4, -0.2) is 35.6 Å². The number of nitrogens with one attached hydrogen (secondary N) is 2. The Morgan fingerprint density at radius 2 is 1.83 bits per heavy atom. The number of benzene rings is 2. The zero-order valence-corrected chi connectivity index (χ0v) is 17.5. The van der Waals surface area contributed by atoms with Gasteiger partial charge in [-0.3, -0.25) is 4.79 Å². The molecule has 1 atom stereocenters. The van der Waals surface area contributed by atoms with Crippen molar-refractivity contribution in [1.82, 2.24) is 9.74 Å². The maximum Gasteiger partial charge on any atom is 0.391 e. The van der Waals surface area contributed by atoms with Gasteiger partial charge in [-0.1, -0.05) is 24.3 Å². The first kappa shape index (κ1) is 22.4. The maximum atomic E-state index is 12.4. The summed E-state index contributed by atoms with van der Waals surface area (Å²) in [4.78, 5) is 12.1. The molecule has 0 radical (unpaired) electrons. The van der Waals surface area contributed by atoms with Crippen molar-refractivity contribution in [3.05, 3.63) is 64.7 Å². The average Bonchev–Trinajstić information content (AvgIpc) is 2.87. The largest absolute Gasteiger partial charge is 0.391 e. The van der Waals surface area contributed by atoms with Crippen LogP contribution in [-0.2, 0) is 19.4 Å². The number of amides is 1. The van der Waals surface area contributed by atoms with Crippen LogP contribution >= 0.6 is 11.8 Å². The van der Waals surface area contributed by atoms with E-state index in [0.717, 1.165) is 37.2 Å². The molecule has 4 nitrogen and oxygen atoms in total. The lowest BCUT2D eigenvalue weighted by Crippen LogP contribution is -2.35. The Kier molecular flexibility index (Phi) is 7.26. The van der Waals surface area contributed by atoms with Gasteiger partial charge in [0.15, 0.2) is 0 Å². The maximum absolute atomic E-state index is 12.4. The summed E-state index contributed by atoms with van der Waals surface area (Å²) < 4.78 is 39.1. The smallest absolute Gasteiger partial charge is 0.381 e. The minimum absolute atomic E-state index is 0.337. The summed E-state index contributed by atoms with van der Waals surface area (Å²) in [5.74, 6) is -0.509. The normalized spacial score (nSPS) is 15.8. The first-order chi connectivity index (χ1) is 14.2. The van der Waals surface area contributed by atoms with Crippen LogP contribution in [0.5, 0.6) is 0 Å². The number of anilines is 1. The van der Waals surface area contributed by atoms with Crippen LogP contribution in [0.2, 0.25) is 0 Å². The molecule has 0 aliphatic carbocycles. The topological polar surface area (TPSA) is 44.4 Å². The van der Waals surface area contributed by atoms with Crippen molar-refractivity contribution in [2.75, 3.05) is 18.4 Å².